The fourth-order valence-corrected chi connectivity index (χ4v) is 2.57. The molecule has 2 aromatic rings. The summed E-state index contributed by atoms with van der Waals surface area (Å²) in [5.41, 5.74) is 1.13. The number of aryl methyl sites for hydroxylation is 1. The first kappa shape index (κ1) is 12.3. The molecule has 1 N–H and O–H groups in total. The Morgan fingerprint density at radius 2 is 2.29 bits per heavy atom. The van der Waals surface area contributed by atoms with Crippen LogP contribution in [0.1, 0.15) is 5.56 Å². The summed E-state index contributed by atoms with van der Waals surface area (Å²) >= 11 is 7.68. The molecular weight excluding hydrogens is 258 g/mol. The Kier molecular flexibility index (Phi) is 3.98. The quantitative estimate of drug-likeness (QED) is 0.916. The zero-order chi connectivity index (χ0) is 12.3. The minimum atomic E-state index is 0.714. The van der Waals surface area contributed by atoms with Gasteiger partial charge in [-0.1, -0.05) is 23.7 Å². The molecule has 90 valence electrons. The zero-order valence-corrected chi connectivity index (χ0v) is 11.1. The highest BCUT2D eigenvalue weighted by Crippen LogP contribution is 2.34. The van der Waals surface area contributed by atoms with Gasteiger partial charge >= 0.3 is 0 Å². The molecule has 0 amide bonds. The van der Waals surface area contributed by atoms with E-state index in [-0.39, 0.29) is 0 Å². The predicted octanol–water partition coefficient (Wildman–Crippen LogP) is 1.73. The molecule has 0 bridgehead atoms. The Morgan fingerprint density at radius 3 is 2.94 bits per heavy atom. The van der Waals surface area contributed by atoms with Crippen LogP contribution in [0.3, 0.4) is 0 Å². The van der Waals surface area contributed by atoms with Gasteiger partial charge in [-0.25, -0.2) is 4.68 Å². The maximum atomic E-state index is 6.21. The number of nitrogens with zero attached hydrogens (tertiary/aromatic N) is 4. The predicted molar refractivity (Wildman–Crippen MR) is 67.1 cm³/mol. The van der Waals surface area contributed by atoms with Crippen LogP contribution < -0.4 is 5.32 Å². The van der Waals surface area contributed by atoms with Crippen molar-refractivity contribution in [3.8, 4) is 0 Å². The summed E-state index contributed by atoms with van der Waals surface area (Å²) in [4.78, 5) is 0.987. The molecule has 17 heavy (non-hydrogen) atoms. The van der Waals surface area contributed by atoms with E-state index >= 15 is 0 Å². The molecule has 1 heterocycles. The molecule has 2 rings (SSSR count). The van der Waals surface area contributed by atoms with Crippen LogP contribution in [0.15, 0.2) is 28.3 Å². The summed E-state index contributed by atoms with van der Waals surface area (Å²) in [6, 6.07) is 5.84. The Bertz CT molecular complexity index is 513. The van der Waals surface area contributed by atoms with Crippen LogP contribution >= 0.6 is 23.4 Å². The standard InChI is InChI=1S/C10H12ClN5S/c1-12-6-7-4-3-5-8(11)9(7)17-10-13-14-15-16(10)2/h3-5,12H,6H2,1-2H3. The summed E-state index contributed by atoms with van der Waals surface area (Å²) in [5.74, 6) is 0. The van der Waals surface area contributed by atoms with Gasteiger partial charge < -0.3 is 5.32 Å². The number of nitrogens with one attached hydrogen (secondary N) is 1. The second-order valence-corrected chi connectivity index (χ2v) is 4.83. The van der Waals surface area contributed by atoms with E-state index in [1.165, 1.54) is 11.8 Å². The monoisotopic (exact) mass is 269 g/mol. The molecule has 0 aliphatic rings. The fourth-order valence-electron chi connectivity index (χ4n) is 1.40. The van der Waals surface area contributed by atoms with Gasteiger partial charge in [-0.05, 0) is 40.9 Å². The van der Waals surface area contributed by atoms with Crippen LogP contribution in [0.4, 0.5) is 0 Å². The number of tetrazole rings is 1. The van der Waals surface area contributed by atoms with E-state index in [9.17, 15) is 0 Å². The maximum absolute atomic E-state index is 6.21. The molecule has 1 aromatic heterocycles. The Labute approximate surface area is 109 Å². The van der Waals surface area contributed by atoms with Gasteiger partial charge in [-0.2, -0.15) is 0 Å². The van der Waals surface area contributed by atoms with Crippen molar-refractivity contribution >= 4 is 23.4 Å². The molecule has 0 saturated carbocycles. The summed E-state index contributed by atoms with van der Waals surface area (Å²) in [6.45, 7) is 0.758. The van der Waals surface area contributed by atoms with Crippen molar-refractivity contribution in [2.75, 3.05) is 7.05 Å². The largest absolute Gasteiger partial charge is 0.316 e. The van der Waals surface area contributed by atoms with Crippen LogP contribution in [0, 0.1) is 0 Å². The summed E-state index contributed by atoms with van der Waals surface area (Å²) in [5, 5.41) is 15.9. The molecule has 0 spiro atoms. The average Bonchev–Trinajstić information content (AvgIpc) is 2.70. The SMILES string of the molecule is CNCc1cccc(Cl)c1Sc1nnnn1C. The molecule has 0 aliphatic heterocycles. The second kappa shape index (κ2) is 5.48. The van der Waals surface area contributed by atoms with Gasteiger partial charge in [0.2, 0.25) is 5.16 Å². The fraction of sp³-hybridized carbons (Fsp3) is 0.300. The number of benzene rings is 1. The van der Waals surface area contributed by atoms with Crippen molar-refractivity contribution in [2.24, 2.45) is 7.05 Å². The molecule has 1 aromatic carbocycles. The normalized spacial score (nSPS) is 10.8. The zero-order valence-electron chi connectivity index (χ0n) is 9.51. The van der Waals surface area contributed by atoms with Crippen LogP contribution in [0.25, 0.3) is 0 Å². The van der Waals surface area contributed by atoms with Crippen molar-refractivity contribution in [1.29, 1.82) is 0 Å². The average molecular weight is 270 g/mol. The molecular formula is C10H12ClN5S. The third-order valence-electron chi connectivity index (χ3n) is 2.19. The Balaban J connectivity index is 2.34. The number of halogens is 1. The lowest BCUT2D eigenvalue weighted by atomic mass is 10.2. The Hall–Kier alpha value is -1.11. The first-order chi connectivity index (χ1) is 8.22. The van der Waals surface area contributed by atoms with E-state index in [4.69, 9.17) is 11.6 Å². The van der Waals surface area contributed by atoms with Gasteiger partial charge in [0, 0.05) is 18.5 Å². The lowest BCUT2D eigenvalue weighted by Gasteiger charge is -2.09. The van der Waals surface area contributed by atoms with E-state index < -0.39 is 0 Å². The van der Waals surface area contributed by atoms with Crippen LogP contribution in [0.2, 0.25) is 5.02 Å². The minimum Gasteiger partial charge on any atom is -0.316 e. The molecule has 0 fully saturated rings. The molecule has 0 unspecified atom stereocenters. The van der Waals surface area contributed by atoms with Crippen molar-refractivity contribution in [2.45, 2.75) is 16.6 Å². The second-order valence-electron chi connectivity index (χ2n) is 3.45. The number of hydrogen-bond donors (Lipinski definition) is 1. The van der Waals surface area contributed by atoms with Gasteiger partial charge in [0.1, 0.15) is 0 Å². The number of rotatable bonds is 4. The van der Waals surface area contributed by atoms with Gasteiger partial charge in [-0.15, -0.1) is 5.10 Å². The minimum absolute atomic E-state index is 0.714. The van der Waals surface area contributed by atoms with Gasteiger partial charge in [0.05, 0.1) is 5.02 Å². The third kappa shape index (κ3) is 2.77. The molecule has 0 saturated heterocycles. The summed E-state index contributed by atoms with van der Waals surface area (Å²) < 4.78 is 1.62. The van der Waals surface area contributed by atoms with Crippen molar-refractivity contribution in [3.05, 3.63) is 28.8 Å². The van der Waals surface area contributed by atoms with Crippen molar-refractivity contribution in [3.63, 3.8) is 0 Å². The van der Waals surface area contributed by atoms with E-state index in [1.54, 1.807) is 11.7 Å². The van der Waals surface area contributed by atoms with Gasteiger partial charge in [0.15, 0.2) is 0 Å². The van der Waals surface area contributed by atoms with Crippen molar-refractivity contribution < 1.29 is 0 Å². The van der Waals surface area contributed by atoms with E-state index in [2.05, 4.69) is 20.8 Å². The van der Waals surface area contributed by atoms with Crippen LogP contribution in [-0.4, -0.2) is 27.3 Å². The first-order valence-corrected chi connectivity index (χ1v) is 6.24. The Morgan fingerprint density at radius 1 is 1.47 bits per heavy atom. The molecule has 5 nitrogen and oxygen atoms in total. The first-order valence-electron chi connectivity index (χ1n) is 5.04. The molecule has 0 aliphatic carbocycles. The van der Waals surface area contributed by atoms with E-state index in [1.807, 2.05) is 25.2 Å². The lowest BCUT2D eigenvalue weighted by molar-refractivity contribution is 0.664. The highest BCUT2D eigenvalue weighted by atomic mass is 35.5. The maximum Gasteiger partial charge on any atom is 0.213 e. The summed E-state index contributed by atoms with van der Waals surface area (Å²) in [7, 11) is 3.70. The highest BCUT2D eigenvalue weighted by molar-refractivity contribution is 7.99. The van der Waals surface area contributed by atoms with Gasteiger partial charge in [0.25, 0.3) is 0 Å². The molecule has 0 radical (unpaired) electrons. The highest BCUT2D eigenvalue weighted by Gasteiger charge is 2.12. The lowest BCUT2D eigenvalue weighted by Crippen LogP contribution is -2.06. The van der Waals surface area contributed by atoms with E-state index in [0.717, 1.165) is 22.2 Å². The van der Waals surface area contributed by atoms with Gasteiger partial charge in [-0.3, -0.25) is 0 Å². The number of hydrogen-bond acceptors (Lipinski definition) is 5. The summed E-state index contributed by atoms with van der Waals surface area (Å²) in [6.07, 6.45) is 0. The smallest absolute Gasteiger partial charge is 0.213 e. The molecule has 7 heteroatoms. The van der Waals surface area contributed by atoms with Crippen LogP contribution in [-0.2, 0) is 13.6 Å². The van der Waals surface area contributed by atoms with E-state index in [0.29, 0.717) is 5.02 Å². The van der Waals surface area contributed by atoms with Crippen LogP contribution in [0.5, 0.6) is 0 Å². The topological polar surface area (TPSA) is 55.6 Å². The number of aromatic nitrogens is 4. The molecule has 0 atom stereocenters. The van der Waals surface area contributed by atoms with Crippen molar-refractivity contribution in [1.82, 2.24) is 25.5 Å². The third-order valence-corrected chi connectivity index (χ3v) is 3.83.